The Balaban J connectivity index is 1.27. The number of aromatic nitrogens is 2. The van der Waals surface area contributed by atoms with Gasteiger partial charge in [-0.2, -0.15) is 5.10 Å². The lowest BCUT2D eigenvalue weighted by atomic mass is 9.77. The Morgan fingerprint density at radius 1 is 1.00 bits per heavy atom. The van der Waals surface area contributed by atoms with Crippen LogP contribution in [0, 0.1) is 31.1 Å². The number of allylic oxidation sites excluding steroid dienone is 2. The number of rotatable bonds is 5. The maximum atomic E-state index is 12.9. The predicted molar refractivity (Wildman–Crippen MR) is 130 cm³/mol. The van der Waals surface area contributed by atoms with Crippen LogP contribution in [0.3, 0.4) is 0 Å². The van der Waals surface area contributed by atoms with Gasteiger partial charge in [0.25, 0.3) is 5.91 Å². The molecule has 1 fully saturated rings. The second kappa shape index (κ2) is 8.03. The van der Waals surface area contributed by atoms with Crippen molar-refractivity contribution in [2.45, 2.75) is 33.6 Å². The number of hydrogen-bond donors (Lipinski definition) is 2. The van der Waals surface area contributed by atoms with Crippen LogP contribution in [-0.2, 0) is 4.79 Å². The van der Waals surface area contributed by atoms with Gasteiger partial charge in [0.15, 0.2) is 0 Å². The number of amides is 2. The van der Waals surface area contributed by atoms with Crippen molar-refractivity contribution in [3.63, 3.8) is 0 Å². The SMILES string of the molecule is Cc1nn(-c2ccccc2)c(C)c1NC(=O)c1ccc(NC(=O)[C@@]2(C)C[C@H]3C=C[C@H]2C3)cc1. The Morgan fingerprint density at radius 2 is 1.73 bits per heavy atom. The zero-order valence-corrected chi connectivity index (χ0v) is 19.1. The zero-order valence-electron chi connectivity index (χ0n) is 19.1. The predicted octanol–water partition coefficient (Wildman–Crippen LogP) is 5.28. The van der Waals surface area contributed by atoms with Crippen LogP contribution >= 0.6 is 0 Å². The summed E-state index contributed by atoms with van der Waals surface area (Å²) >= 11 is 0. The van der Waals surface area contributed by atoms with Crippen LogP contribution in [0.4, 0.5) is 11.4 Å². The summed E-state index contributed by atoms with van der Waals surface area (Å²) in [7, 11) is 0. The summed E-state index contributed by atoms with van der Waals surface area (Å²) in [5.74, 6) is 0.679. The molecule has 5 rings (SSSR count). The van der Waals surface area contributed by atoms with Crippen LogP contribution < -0.4 is 10.6 Å². The van der Waals surface area contributed by atoms with Crippen molar-refractivity contribution in [3.05, 3.63) is 83.7 Å². The molecule has 2 aliphatic carbocycles. The minimum atomic E-state index is -0.358. The number of para-hydroxylation sites is 1. The molecule has 0 radical (unpaired) electrons. The van der Waals surface area contributed by atoms with Crippen molar-refractivity contribution < 1.29 is 9.59 Å². The maximum Gasteiger partial charge on any atom is 0.255 e. The second-order valence-corrected chi connectivity index (χ2v) is 9.39. The van der Waals surface area contributed by atoms with E-state index in [1.54, 1.807) is 24.3 Å². The molecule has 3 aromatic rings. The van der Waals surface area contributed by atoms with E-state index in [-0.39, 0.29) is 17.2 Å². The lowest BCUT2D eigenvalue weighted by Crippen LogP contribution is -2.36. The van der Waals surface area contributed by atoms with Crippen LogP contribution in [0.15, 0.2) is 66.7 Å². The summed E-state index contributed by atoms with van der Waals surface area (Å²) in [6, 6.07) is 16.9. The van der Waals surface area contributed by atoms with Crippen molar-refractivity contribution in [1.82, 2.24) is 9.78 Å². The molecule has 2 amide bonds. The highest BCUT2D eigenvalue weighted by Gasteiger charge is 2.49. The lowest BCUT2D eigenvalue weighted by molar-refractivity contribution is -0.126. The minimum absolute atomic E-state index is 0.0520. The molecule has 2 aromatic carbocycles. The average Bonchev–Trinajstić information content (AvgIpc) is 3.50. The first kappa shape index (κ1) is 21.2. The quantitative estimate of drug-likeness (QED) is 0.530. The van der Waals surface area contributed by atoms with Crippen LogP contribution in [0.25, 0.3) is 5.69 Å². The Bertz CT molecular complexity index is 1240. The molecular formula is C27H28N4O2. The standard InChI is InChI=1S/C27H28N4O2/c1-17-24(18(2)31(30-17)23-7-5-4-6-8-23)29-25(32)20-10-13-22(14-11-20)28-26(33)27(3)16-19-9-12-21(27)15-19/h4-14,19,21H,15-16H2,1-3H3,(H,28,33)(H,29,32)/t19-,21-,27-/m0/s1. The van der Waals surface area contributed by atoms with Crippen molar-refractivity contribution in [3.8, 4) is 5.69 Å². The highest BCUT2D eigenvalue weighted by Crippen LogP contribution is 2.52. The first-order valence-electron chi connectivity index (χ1n) is 11.4. The maximum absolute atomic E-state index is 12.9. The van der Waals surface area contributed by atoms with E-state index in [0.717, 1.165) is 29.9 Å². The molecule has 0 unspecified atom stereocenters. The number of carbonyl (C=O) groups is 2. The lowest BCUT2D eigenvalue weighted by Gasteiger charge is -2.29. The number of nitrogens with zero attached hydrogens (tertiary/aromatic N) is 2. The third kappa shape index (κ3) is 3.75. The van der Waals surface area contributed by atoms with Gasteiger partial charge < -0.3 is 10.6 Å². The van der Waals surface area contributed by atoms with Crippen LogP contribution in [0.2, 0.25) is 0 Å². The van der Waals surface area contributed by atoms with Gasteiger partial charge in [-0.05, 0) is 74.9 Å². The fourth-order valence-electron chi connectivity index (χ4n) is 5.16. The van der Waals surface area contributed by atoms with Gasteiger partial charge in [0.05, 0.1) is 28.2 Å². The fraction of sp³-hybridized carbons (Fsp3) is 0.296. The molecule has 3 atom stereocenters. The summed E-state index contributed by atoms with van der Waals surface area (Å²) in [6.45, 7) is 5.87. The first-order chi connectivity index (χ1) is 15.8. The van der Waals surface area contributed by atoms with Crippen LogP contribution in [0.5, 0.6) is 0 Å². The number of fused-ring (bicyclic) bond motifs is 2. The molecule has 1 saturated carbocycles. The van der Waals surface area contributed by atoms with E-state index in [0.29, 0.717) is 28.8 Å². The van der Waals surface area contributed by atoms with E-state index in [4.69, 9.17) is 0 Å². The van der Waals surface area contributed by atoms with Gasteiger partial charge in [-0.25, -0.2) is 4.68 Å². The smallest absolute Gasteiger partial charge is 0.255 e. The molecule has 1 heterocycles. The van der Waals surface area contributed by atoms with Crippen molar-refractivity contribution in [1.29, 1.82) is 0 Å². The van der Waals surface area contributed by atoms with Crippen molar-refractivity contribution in [2.24, 2.45) is 17.3 Å². The Kier molecular flexibility index (Phi) is 5.16. The Morgan fingerprint density at radius 3 is 2.36 bits per heavy atom. The molecule has 2 bridgehead atoms. The molecule has 33 heavy (non-hydrogen) atoms. The van der Waals surface area contributed by atoms with E-state index in [2.05, 4.69) is 34.8 Å². The highest BCUT2D eigenvalue weighted by atomic mass is 16.2. The zero-order chi connectivity index (χ0) is 23.2. The molecular weight excluding hydrogens is 412 g/mol. The summed E-state index contributed by atoms with van der Waals surface area (Å²) < 4.78 is 1.83. The van der Waals surface area contributed by atoms with Gasteiger partial charge in [-0.15, -0.1) is 0 Å². The van der Waals surface area contributed by atoms with Gasteiger partial charge in [0.2, 0.25) is 5.91 Å². The first-order valence-corrected chi connectivity index (χ1v) is 11.4. The van der Waals surface area contributed by atoms with Crippen molar-refractivity contribution >= 4 is 23.2 Å². The number of nitrogens with one attached hydrogen (secondary N) is 2. The number of carbonyl (C=O) groups excluding carboxylic acids is 2. The van der Waals surface area contributed by atoms with Crippen LogP contribution in [-0.4, -0.2) is 21.6 Å². The van der Waals surface area contributed by atoms with Gasteiger partial charge >= 0.3 is 0 Å². The molecule has 0 spiro atoms. The van der Waals surface area contributed by atoms with Gasteiger partial charge in [0, 0.05) is 11.3 Å². The molecule has 2 aliphatic rings. The summed E-state index contributed by atoms with van der Waals surface area (Å²) in [5, 5.41) is 10.6. The summed E-state index contributed by atoms with van der Waals surface area (Å²) in [5.41, 5.74) is 4.13. The number of anilines is 2. The Hall–Kier alpha value is -3.67. The minimum Gasteiger partial charge on any atom is -0.326 e. The number of aryl methyl sites for hydroxylation is 1. The normalized spacial score (nSPS) is 23.0. The summed E-state index contributed by atoms with van der Waals surface area (Å²) in [6.07, 6.45) is 6.39. The van der Waals surface area contributed by atoms with E-state index < -0.39 is 0 Å². The highest BCUT2D eigenvalue weighted by molar-refractivity contribution is 6.05. The number of benzene rings is 2. The van der Waals surface area contributed by atoms with E-state index in [1.165, 1.54) is 0 Å². The number of hydrogen-bond acceptors (Lipinski definition) is 3. The fourth-order valence-corrected chi connectivity index (χ4v) is 5.16. The second-order valence-electron chi connectivity index (χ2n) is 9.39. The van der Waals surface area contributed by atoms with Gasteiger partial charge in [-0.3, -0.25) is 9.59 Å². The molecule has 168 valence electrons. The largest absolute Gasteiger partial charge is 0.326 e. The van der Waals surface area contributed by atoms with Gasteiger partial charge in [-0.1, -0.05) is 37.3 Å². The molecule has 0 saturated heterocycles. The summed E-state index contributed by atoms with van der Waals surface area (Å²) in [4.78, 5) is 25.8. The third-order valence-electron chi connectivity index (χ3n) is 7.13. The monoisotopic (exact) mass is 440 g/mol. The molecule has 1 aromatic heterocycles. The van der Waals surface area contributed by atoms with E-state index in [1.807, 2.05) is 48.9 Å². The van der Waals surface area contributed by atoms with Gasteiger partial charge in [0.1, 0.15) is 0 Å². The average molecular weight is 441 g/mol. The molecule has 6 heteroatoms. The Labute approximate surface area is 193 Å². The third-order valence-corrected chi connectivity index (χ3v) is 7.13. The molecule has 6 nitrogen and oxygen atoms in total. The molecule has 0 aliphatic heterocycles. The molecule has 2 N–H and O–H groups in total. The van der Waals surface area contributed by atoms with E-state index >= 15 is 0 Å². The van der Waals surface area contributed by atoms with Crippen LogP contribution in [0.1, 0.15) is 41.5 Å². The van der Waals surface area contributed by atoms with Crippen molar-refractivity contribution in [2.75, 3.05) is 10.6 Å². The van der Waals surface area contributed by atoms with E-state index in [9.17, 15) is 9.59 Å². The topological polar surface area (TPSA) is 76.0 Å².